The summed E-state index contributed by atoms with van der Waals surface area (Å²) < 4.78 is 11.0. The minimum atomic E-state index is 0.0896. The van der Waals surface area contributed by atoms with Crippen LogP contribution in [0, 0.1) is 13.8 Å². The second-order valence-electron chi connectivity index (χ2n) is 5.42. The molecule has 2 aromatic rings. The largest absolute Gasteiger partial charge is 0.493 e. The van der Waals surface area contributed by atoms with Gasteiger partial charge in [-0.1, -0.05) is 0 Å². The zero-order chi connectivity index (χ0) is 16.8. The average molecular weight is 314 g/mol. The third-order valence-electron chi connectivity index (χ3n) is 2.91. The number of anilines is 1. The van der Waals surface area contributed by atoms with E-state index < -0.39 is 0 Å². The van der Waals surface area contributed by atoms with E-state index in [2.05, 4.69) is 20.5 Å². The molecule has 2 rings (SSSR count). The van der Waals surface area contributed by atoms with E-state index in [0.717, 1.165) is 17.0 Å². The zero-order valence-electron chi connectivity index (χ0n) is 14.1. The second-order valence-corrected chi connectivity index (χ2v) is 5.42. The third kappa shape index (κ3) is 4.95. The molecule has 0 amide bonds. The van der Waals surface area contributed by atoms with Crippen LogP contribution in [-0.4, -0.2) is 29.4 Å². The Labute approximate surface area is 136 Å². The standard InChI is InChI=1S/C17H22N4O2/c1-11(2)23-15-7-6-14(9-16(15)22-5)10-18-21-17-19-12(3)8-13(4)20-17/h6-11H,1-5H3,(H,19,20,21)/b18-10-. The van der Waals surface area contributed by atoms with Crippen molar-refractivity contribution in [1.82, 2.24) is 9.97 Å². The summed E-state index contributed by atoms with van der Waals surface area (Å²) in [6, 6.07) is 7.56. The molecule has 0 aliphatic heterocycles. The molecule has 0 aliphatic carbocycles. The van der Waals surface area contributed by atoms with Crippen LogP contribution in [0.4, 0.5) is 5.95 Å². The summed E-state index contributed by atoms with van der Waals surface area (Å²) in [6.45, 7) is 7.79. The molecule has 0 atom stereocenters. The smallest absolute Gasteiger partial charge is 0.243 e. The summed E-state index contributed by atoms with van der Waals surface area (Å²) in [4.78, 5) is 8.53. The van der Waals surface area contributed by atoms with Gasteiger partial charge in [-0.15, -0.1) is 0 Å². The molecule has 0 unspecified atom stereocenters. The Bertz CT molecular complexity index is 679. The number of hydrogen-bond donors (Lipinski definition) is 1. The summed E-state index contributed by atoms with van der Waals surface area (Å²) in [6.07, 6.45) is 1.77. The Balaban J connectivity index is 2.10. The Morgan fingerprint density at radius 1 is 1.09 bits per heavy atom. The van der Waals surface area contributed by atoms with E-state index >= 15 is 0 Å². The maximum atomic E-state index is 5.69. The highest BCUT2D eigenvalue weighted by Gasteiger charge is 2.06. The van der Waals surface area contributed by atoms with Crippen molar-refractivity contribution in [2.75, 3.05) is 12.5 Å². The van der Waals surface area contributed by atoms with Crippen LogP contribution in [-0.2, 0) is 0 Å². The van der Waals surface area contributed by atoms with Crippen molar-refractivity contribution in [1.29, 1.82) is 0 Å². The van der Waals surface area contributed by atoms with Crippen molar-refractivity contribution in [2.24, 2.45) is 5.10 Å². The number of aromatic nitrogens is 2. The van der Waals surface area contributed by atoms with E-state index in [9.17, 15) is 0 Å². The number of aryl methyl sites for hydroxylation is 2. The lowest BCUT2D eigenvalue weighted by Crippen LogP contribution is -2.06. The van der Waals surface area contributed by atoms with Crippen LogP contribution >= 0.6 is 0 Å². The van der Waals surface area contributed by atoms with E-state index in [0.29, 0.717) is 17.4 Å². The summed E-state index contributed by atoms with van der Waals surface area (Å²) in [5.74, 6) is 1.86. The van der Waals surface area contributed by atoms with Gasteiger partial charge in [-0.2, -0.15) is 5.10 Å². The van der Waals surface area contributed by atoms with Gasteiger partial charge in [-0.05, 0) is 57.5 Å². The van der Waals surface area contributed by atoms with Crippen LogP contribution in [0.3, 0.4) is 0 Å². The molecule has 1 aromatic carbocycles. The molecule has 0 saturated heterocycles. The highest BCUT2D eigenvalue weighted by molar-refractivity contribution is 5.81. The molecule has 0 radical (unpaired) electrons. The molecule has 0 spiro atoms. The van der Waals surface area contributed by atoms with Gasteiger partial charge in [0.15, 0.2) is 11.5 Å². The minimum absolute atomic E-state index is 0.0896. The number of ether oxygens (including phenoxy) is 2. The summed E-state index contributed by atoms with van der Waals surface area (Å²) in [7, 11) is 1.62. The van der Waals surface area contributed by atoms with Crippen LogP contribution in [0.15, 0.2) is 29.4 Å². The van der Waals surface area contributed by atoms with Crippen LogP contribution < -0.4 is 14.9 Å². The van der Waals surface area contributed by atoms with Gasteiger partial charge in [-0.3, -0.25) is 0 Å². The van der Waals surface area contributed by atoms with E-state index in [1.165, 1.54) is 0 Å². The first-order valence-electron chi connectivity index (χ1n) is 7.44. The van der Waals surface area contributed by atoms with Gasteiger partial charge in [0.25, 0.3) is 0 Å². The van der Waals surface area contributed by atoms with E-state index in [4.69, 9.17) is 9.47 Å². The van der Waals surface area contributed by atoms with Crippen molar-refractivity contribution in [3.63, 3.8) is 0 Å². The first kappa shape index (κ1) is 16.7. The fraction of sp³-hybridized carbons (Fsp3) is 0.353. The van der Waals surface area contributed by atoms with Crippen molar-refractivity contribution in [3.8, 4) is 11.5 Å². The Morgan fingerprint density at radius 3 is 2.39 bits per heavy atom. The number of methoxy groups -OCH3 is 1. The Hall–Kier alpha value is -2.63. The first-order valence-corrected chi connectivity index (χ1v) is 7.44. The fourth-order valence-corrected chi connectivity index (χ4v) is 2.06. The van der Waals surface area contributed by atoms with Gasteiger partial charge in [0.1, 0.15) is 0 Å². The minimum Gasteiger partial charge on any atom is -0.493 e. The predicted molar refractivity (Wildman–Crippen MR) is 91.5 cm³/mol. The van der Waals surface area contributed by atoms with Crippen LogP contribution in [0.2, 0.25) is 0 Å². The first-order chi connectivity index (χ1) is 11.0. The monoisotopic (exact) mass is 314 g/mol. The Kier molecular flexibility index (Phi) is 5.51. The van der Waals surface area contributed by atoms with Crippen molar-refractivity contribution in [2.45, 2.75) is 33.8 Å². The van der Waals surface area contributed by atoms with Crippen molar-refractivity contribution < 1.29 is 9.47 Å². The van der Waals surface area contributed by atoms with E-state index in [-0.39, 0.29) is 6.10 Å². The average Bonchev–Trinajstić information content (AvgIpc) is 2.47. The van der Waals surface area contributed by atoms with Gasteiger partial charge in [0.2, 0.25) is 5.95 Å². The highest BCUT2D eigenvalue weighted by Crippen LogP contribution is 2.28. The fourth-order valence-electron chi connectivity index (χ4n) is 2.06. The number of hydrogen-bond acceptors (Lipinski definition) is 6. The molecular formula is C17H22N4O2. The lowest BCUT2D eigenvalue weighted by atomic mass is 10.2. The summed E-state index contributed by atoms with van der Waals surface area (Å²) in [5.41, 5.74) is 5.51. The molecule has 0 saturated carbocycles. The van der Waals surface area contributed by atoms with E-state index in [1.807, 2.05) is 52.0 Å². The van der Waals surface area contributed by atoms with Gasteiger partial charge >= 0.3 is 0 Å². The van der Waals surface area contributed by atoms with Crippen LogP contribution in [0.1, 0.15) is 30.8 Å². The molecule has 6 heteroatoms. The Morgan fingerprint density at radius 2 is 1.78 bits per heavy atom. The number of rotatable bonds is 6. The summed E-state index contributed by atoms with van der Waals surface area (Å²) >= 11 is 0. The SMILES string of the molecule is COc1cc(/C=N\Nc2nc(C)cc(C)n2)ccc1OC(C)C. The summed E-state index contributed by atoms with van der Waals surface area (Å²) in [5, 5.41) is 4.16. The van der Waals surface area contributed by atoms with Crippen LogP contribution in [0.5, 0.6) is 11.5 Å². The topological polar surface area (TPSA) is 68.6 Å². The lowest BCUT2D eigenvalue weighted by Gasteiger charge is -2.13. The van der Waals surface area contributed by atoms with Gasteiger partial charge in [-0.25, -0.2) is 15.4 Å². The van der Waals surface area contributed by atoms with Gasteiger partial charge in [0.05, 0.1) is 19.4 Å². The normalized spacial score (nSPS) is 11.0. The maximum Gasteiger partial charge on any atom is 0.243 e. The third-order valence-corrected chi connectivity index (χ3v) is 2.91. The van der Waals surface area contributed by atoms with Gasteiger partial charge in [0, 0.05) is 11.4 Å². The second kappa shape index (κ2) is 7.58. The molecule has 0 fully saturated rings. The number of nitrogens with zero attached hydrogens (tertiary/aromatic N) is 3. The number of nitrogens with one attached hydrogen (secondary N) is 1. The van der Waals surface area contributed by atoms with Gasteiger partial charge < -0.3 is 9.47 Å². The molecule has 23 heavy (non-hydrogen) atoms. The van der Waals surface area contributed by atoms with Crippen molar-refractivity contribution >= 4 is 12.2 Å². The molecule has 0 aliphatic rings. The molecular weight excluding hydrogens is 292 g/mol. The molecule has 6 nitrogen and oxygen atoms in total. The van der Waals surface area contributed by atoms with Crippen LogP contribution in [0.25, 0.3) is 0 Å². The number of benzene rings is 1. The molecule has 1 heterocycles. The highest BCUT2D eigenvalue weighted by atomic mass is 16.5. The zero-order valence-corrected chi connectivity index (χ0v) is 14.1. The molecule has 0 bridgehead atoms. The van der Waals surface area contributed by atoms with E-state index in [1.54, 1.807) is 13.3 Å². The molecule has 1 N–H and O–H groups in total. The predicted octanol–water partition coefficient (Wildman–Crippen LogP) is 3.34. The lowest BCUT2D eigenvalue weighted by molar-refractivity contribution is 0.230. The maximum absolute atomic E-state index is 5.69. The van der Waals surface area contributed by atoms with Crippen molar-refractivity contribution in [3.05, 3.63) is 41.2 Å². The molecule has 122 valence electrons. The molecule has 1 aromatic heterocycles. The quantitative estimate of drug-likeness (QED) is 0.654. The number of hydrazone groups is 1.